The maximum Gasteiger partial charge on any atom is 0.248 e. The van der Waals surface area contributed by atoms with E-state index >= 15 is 0 Å². The van der Waals surface area contributed by atoms with E-state index in [1.807, 2.05) is 0 Å². The van der Waals surface area contributed by atoms with Crippen LogP contribution in [0.5, 0.6) is 0 Å². The zero-order chi connectivity index (χ0) is 21.3. The Balaban J connectivity index is 1.73. The normalized spacial score (nSPS) is 23.4. The number of amides is 2. The summed E-state index contributed by atoms with van der Waals surface area (Å²) < 4.78 is 32.5. The minimum Gasteiger partial charge on any atom is -0.360 e. The molecule has 3 rings (SSSR count). The Morgan fingerprint density at radius 1 is 1.34 bits per heavy atom. The summed E-state index contributed by atoms with van der Waals surface area (Å²) >= 11 is 0. The molecule has 3 heterocycles. The number of likely N-dealkylation sites (N-methyl/N-ethyl adjacent to an activating group) is 1. The van der Waals surface area contributed by atoms with Crippen molar-refractivity contribution in [3.05, 3.63) is 24.1 Å². The molecule has 0 spiro atoms. The first-order valence-corrected chi connectivity index (χ1v) is 11.2. The van der Waals surface area contributed by atoms with E-state index in [1.165, 1.54) is 9.21 Å². The van der Waals surface area contributed by atoms with Crippen LogP contribution < -0.4 is 0 Å². The van der Waals surface area contributed by atoms with Gasteiger partial charge >= 0.3 is 0 Å². The molecule has 2 aliphatic heterocycles. The first kappa shape index (κ1) is 21.5. The lowest BCUT2D eigenvalue weighted by molar-refractivity contribution is -0.143. The molecule has 1 aromatic rings. The van der Waals surface area contributed by atoms with Crippen molar-refractivity contribution >= 4 is 21.8 Å². The Labute approximate surface area is 171 Å². The van der Waals surface area contributed by atoms with Crippen LogP contribution in [0.3, 0.4) is 0 Å². The highest BCUT2D eigenvalue weighted by molar-refractivity contribution is 7.89. The lowest BCUT2D eigenvalue weighted by Crippen LogP contribution is -2.50. The van der Waals surface area contributed by atoms with Gasteiger partial charge in [0.15, 0.2) is 5.76 Å². The van der Waals surface area contributed by atoms with Crippen LogP contribution in [0.2, 0.25) is 0 Å². The molecule has 2 saturated heterocycles. The predicted molar refractivity (Wildman–Crippen MR) is 105 cm³/mol. The van der Waals surface area contributed by atoms with Gasteiger partial charge in [0.2, 0.25) is 21.8 Å². The number of piperidine rings is 1. The molecule has 0 saturated carbocycles. The number of hydrogen-bond acceptors (Lipinski definition) is 6. The highest BCUT2D eigenvalue weighted by Gasteiger charge is 2.41. The van der Waals surface area contributed by atoms with Crippen molar-refractivity contribution in [1.29, 1.82) is 0 Å². The summed E-state index contributed by atoms with van der Waals surface area (Å²) in [4.78, 5) is 28.8. The number of hydrogen-bond donors (Lipinski definition) is 0. The zero-order valence-corrected chi connectivity index (χ0v) is 17.9. The van der Waals surface area contributed by atoms with Crippen molar-refractivity contribution in [3.63, 3.8) is 0 Å². The quantitative estimate of drug-likeness (QED) is 0.630. The van der Waals surface area contributed by atoms with Gasteiger partial charge in [-0.25, -0.2) is 8.42 Å². The second-order valence-corrected chi connectivity index (χ2v) is 9.56. The second kappa shape index (κ2) is 8.27. The first-order chi connectivity index (χ1) is 13.7. The molecule has 2 fully saturated rings. The SMILES string of the molecule is C=CCN1CC[C@H](N(C)C(=O)[C@@H]2CCCN(S(=O)(=O)c3c(C)noc3C)C2)C1=O. The van der Waals surface area contributed by atoms with Crippen molar-refractivity contribution < 1.29 is 22.5 Å². The average Bonchev–Trinajstić information content (AvgIpc) is 3.23. The van der Waals surface area contributed by atoms with Crippen molar-refractivity contribution in [3.8, 4) is 0 Å². The molecule has 2 atom stereocenters. The maximum atomic E-state index is 13.1. The van der Waals surface area contributed by atoms with Crippen molar-refractivity contribution in [2.24, 2.45) is 5.92 Å². The molecule has 2 aliphatic rings. The standard InChI is InChI=1S/C19H28N4O5S/c1-5-9-22-11-8-16(19(22)25)21(4)18(24)15-7-6-10-23(12-15)29(26,27)17-13(2)20-28-14(17)3/h5,15-16H,1,6-12H2,2-4H3/t15-,16+/m1/s1. The molecule has 0 N–H and O–H groups in total. The second-order valence-electron chi connectivity index (χ2n) is 7.68. The zero-order valence-electron chi connectivity index (χ0n) is 17.1. The fourth-order valence-corrected chi connectivity index (χ4v) is 6.01. The Hall–Kier alpha value is -2.20. The van der Waals surface area contributed by atoms with Gasteiger partial charge in [0.1, 0.15) is 16.6 Å². The lowest BCUT2D eigenvalue weighted by atomic mass is 9.97. The summed E-state index contributed by atoms with van der Waals surface area (Å²) in [5.41, 5.74) is 0.312. The lowest BCUT2D eigenvalue weighted by Gasteiger charge is -2.34. The summed E-state index contributed by atoms with van der Waals surface area (Å²) in [6.07, 6.45) is 3.41. The third-order valence-electron chi connectivity index (χ3n) is 5.73. The largest absolute Gasteiger partial charge is 0.360 e. The van der Waals surface area contributed by atoms with Crippen LogP contribution in [0.25, 0.3) is 0 Å². The van der Waals surface area contributed by atoms with Gasteiger partial charge in [0.05, 0.1) is 5.92 Å². The Kier molecular flexibility index (Phi) is 6.13. The van der Waals surface area contributed by atoms with Crippen LogP contribution in [-0.4, -0.2) is 78.8 Å². The van der Waals surface area contributed by atoms with Crippen molar-refractivity contribution in [2.75, 3.05) is 33.2 Å². The van der Waals surface area contributed by atoms with Gasteiger partial charge in [-0.1, -0.05) is 11.2 Å². The van der Waals surface area contributed by atoms with Crippen LogP contribution in [0.15, 0.2) is 22.1 Å². The van der Waals surface area contributed by atoms with E-state index in [-0.39, 0.29) is 29.0 Å². The maximum absolute atomic E-state index is 13.1. The highest BCUT2D eigenvalue weighted by atomic mass is 32.2. The van der Waals surface area contributed by atoms with Crippen molar-refractivity contribution in [1.82, 2.24) is 19.3 Å². The highest BCUT2D eigenvalue weighted by Crippen LogP contribution is 2.29. The van der Waals surface area contributed by atoms with Crippen LogP contribution in [0.1, 0.15) is 30.7 Å². The molecular formula is C19H28N4O5S. The number of carbonyl (C=O) groups excluding carboxylic acids is 2. The van der Waals surface area contributed by atoms with Crippen LogP contribution in [0.4, 0.5) is 0 Å². The number of sulfonamides is 1. The molecule has 29 heavy (non-hydrogen) atoms. The van der Waals surface area contributed by atoms with Crippen LogP contribution >= 0.6 is 0 Å². The summed E-state index contributed by atoms with van der Waals surface area (Å²) in [7, 11) is -2.17. The molecule has 9 nitrogen and oxygen atoms in total. The Morgan fingerprint density at radius 2 is 2.07 bits per heavy atom. The van der Waals surface area contributed by atoms with Crippen molar-refractivity contribution in [2.45, 2.75) is 44.0 Å². The van der Waals surface area contributed by atoms with Gasteiger partial charge in [-0.3, -0.25) is 9.59 Å². The van der Waals surface area contributed by atoms with E-state index in [1.54, 1.807) is 31.9 Å². The third-order valence-corrected chi connectivity index (χ3v) is 7.84. The molecule has 2 amide bonds. The molecule has 0 aromatic carbocycles. The minimum atomic E-state index is -3.80. The summed E-state index contributed by atoms with van der Waals surface area (Å²) in [5, 5.41) is 3.74. The molecule has 0 bridgehead atoms. The van der Waals surface area contributed by atoms with Gasteiger partial charge in [-0.05, 0) is 33.1 Å². The summed E-state index contributed by atoms with van der Waals surface area (Å²) in [6, 6.07) is -0.503. The third kappa shape index (κ3) is 3.95. The molecule has 10 heteroatoms. The average molecular weight is 425 g/mol. The number of rotatable bonds is 6. The number of carbonyl (C=O) groups is 2. The Bertz CT molecular complexity index is 890. The predicted octanol–water partition coefficient (Wildman–Crippen LogP) is 0.937. The van der Waals surface area contributed by atoms with Crippen LogP contribution in [0, 0.1) is 19.8 Å². The van der Waals surface area contributed by atoms with E-state index in [9.17, 15) is 18.0 Å². The molecule has 1 aromatic heterocycles. The van der Waals surface area contributed by atoms with Gasteiger partial charge < -0.3 is 14.3 Å². The van der Waals surface area contributed by atoms with E-state index in [0.29, 0.717) is 44.6 Å². The Morgan fingerprint density at radius 3 is 2.69 bits per heavy atom. The molecule has 0 aliphatic carbocycles. The smallest absolute Gasteiger partial charge is 0.248 e. The molecule has 0 unspecified atom stereocenters. The first-order valence-electron chi connectivity index (χ1n) is 9.77. The van der Waals surface area contributed by atoms with Gasteiger partial charge in [0.25, 0.3) is 0 Å². The van der Waals surface area contributed by atoms with Gasteiger partial charge in [-0.2, -0.15) is 4.31 Å². The minimum absolute atomic E-state index is 0.0741. The van der Waals surface area contributed by atoms with E-state index in [2.05, 4.69) is 11.7 Å². The fourth-order valence-electron chi connectivity index (χ4n) is 4.19. The number of nitrogens with zero attached hydrogens (tertiary/aromatic N) is 4. The fraction of sp³-hybridized carbons (Fsp3) is 0.632. The number of aromatic nitrogens is 1. The topological polar surface area (TPSA) is 104 Å². The van der Waals surface area contributed by atoms with Gasteiger partial charge in [-0.15, -0.1) is 6.58 Å². The molecule has 0 radical (unpaired) electrons. The summed E-state index contributed by atoms with van der Waals surface area (Å²) in [5.74, 6) is -0.517. The van der Waals surface area contributed by atoms with E-state index in [0.717, 1.165) is 0 Å². The molecular weight excluding hydrogens is 396 g/mol. The summed E-state index contributed by atoms with van der Waals surface area (Å²) in [6.45, 7) is 8.29. The number of aryl methyl sites for hydroxylation is 2. The van der Waals surface area contributed by atoms with E-state index < -0.39 is 22.0 Å². The van der Waals surface area contributed by atoms with Gasteiger partial charge in [0, 0.05) is 33.2 Å². The number of likely N-dealkylation sites (tertiary alicyclic amines) is 1. The van der Waals surface area contributed by atoms with Crippen LogP contribution in [-0.2, 0) is 19.6 Å². The van der Waals surface area contributed by atoms with E-state index in [4.69, 9.17) is 4.52 Å². The monoisotopic (exact) mass is 424 g/mol. The molecule has 160 valence electrons.